The molecular formula is C27H25NO5. The second-order valence-electron chi connectivity index (χ2n) is 7.37. The van der Waals surface area contributed by atoms with Crippen molar-refractivity contribution in [3.05, 3.63) is 124 Å². The van der Waals surface area contributed by atoms with E-state index in [4.69, 9.17) is 9.47 Å². The van der Waals surface area contributed by atoms with Crippen LogP contribution in [0.3, 0.4) is 0 Å². The molecule has 1 N–H and O–H groups in total. The van der Waals surface area contributed by atoms with Crippen LogP contribution in [0, 0.1) is 24.0 Å². The molecular weight excluding hydrogens is 418 g/mol. The highest BCUT2D eigenvalue weighted by Gasteiger charge is 2.14. The zero-order chi connectivity index (χ0) is 23.6. The topological polar surface area (TPSA) is 81.8 Å². The molecule has 0 amide bonds. The first-order valence-corrected chi connectivity index (χ1v) is 10.4. The fourth-order valence-corrected chi connectivity index (χ4v) is 2.93. The zero-order valence-electron chi connectivity index (χ0n) is 18.5. The van der Waals surface area contributed by atoms with Crippen molar-refractivity contribution in [1.29, 1.82) is 0 Å². The molecule has 0 unspecified atom stereocenters. The molecule has 0 aliphatic rings. The first kappa shape index (κ1) is 23.3. The Morgan fingerprint density at radius 3 is 2.00 bits per heavy atom. The van der Waals surface area contributed by atoms with Crippen molar-refractivity contribution in [1.82, 2.24) is 0 Å². The van der Waals surface area contributed by atoms with E-state index in [0.717, 1.165) is 11.1 Å². The summed E-state index contributed by atoms with van der Waals surface area (Å²) in [5.41, 5.74) is 2.97. The molecule has 4 aromatic carbocycles. The fourth-order valence-electron chi connectivity index (χ4n) is 2.93. The number of aromatic hydroxyl groups is 1. The Morgan fingerprint density at radius 1 is 0.818 bits per heavy atom. The Kier molecular flexibility index (Phi) is 8.02. The summed E-state index contributed by atoms with van der Waals surface area (Å²) in [6.07, 6.45) is 0. The number of hydrogen-bond donors (Lipinski definition) is 1. The van der Waals surface area contributed by atoms with E-state index in [-0.39, 0.29) is 5.69 Å². The van der Waals surface area contributed by atoms with Crippen LogP contribution < -0.4 is 9.47 Å². The van der Waals surface area contributed by atoms with Gasteiger partial charge in [0.1, 0.15) is 23.9 Å². The van der Waals surface area contributed by atoms with E-state index in [0.29, 0.717) is 23.9 Å². The number of aryl methyl sites for hydroxylation is 2. The van der Waals surface area contributed by atoms with Gasteiger partial charge >= 0.3 is 5.69 Å². The lowest BCUT2D eigenvalue weighted by atomic mass is 10.2. The van der Waals surface area contributed by atoms with Crippen LogP contribution in [-0.4, -0.2) is 10.0 Å². The Bertz CT molecular complexity index is 1190. The molecule has 0 aliphatic heterocycles. The summed E-state index contributed by atoms with van der Waals surface area (Å²) in [5.74, 6) is 1.04. The van der Waals surface area contributed by atoms with E-state index < -0.39 is 10.7 Å². The highest BCUT2D eigenvalue weighted by molar-refractivity contribution is 5.51. The summed E-state index contributed by atoms with van der Waals surface area (Å²) in [6, 6.07) is 29.3. The number of phenols is 1. The number of nitro benzene ring substituents is 1. The maximum absolute atomic E-state index is 10.8. The van der Waals surface area contributed by atoms with Gasteiger partial charge in [0, 0.05) is 18.2 Å². The fraction of sp³-hybridized carbons (Fsp3) is 0.111. The SMILES string of the molecule is Cc1ccc(Oc2ccc([N+](=O)[O-])c(O)c2)cc1OCc1ccccc1.Cc1ccccc1. The zero-order valence-corrected chi connectivity index (χ0v) is 18.5. The van der Waals surface area contributed by atoms with E-state index in [1.165, 1.54) is 23.8 Å². The van der Waals surface area contributed by atoms with Gasteiger partial charge in [0.15, 0.2) is 5.75 Å². The number of ether oxygens (including phenoxy) is 2. The van der Waals surface area contributed by atoms with Gasteiger partial charge in [-0.2, -0.15) is 0 Å². The molecule has 6 nitrogen and oxygen atoms in total. The van der Waals surface area contributed by atoms with E-state index in [1.807, 2.05) is 61.5 Å². The van der Waals surface area contributed by atoms with Crippen LogP contribution in [0.2, 0.25) is 0 Å². The number of phenolic OH excluding ortho intramolecular Hbond substituents is 1. The molecule has 0 saturated heterocycles. The van der Waals surface area contributed by atoms with Crippen molar-refractivity contribution >= 4 is 5.69 Å². The molecule has 0 fully saturated rings. The molecule has 0 aliphatic carbocycles. The first-order valence-electron chi connectivity index (χ1n) is 10.4. The van der Waals surface area contributed by atoms with E-state index >= 15 is 0 Å². The van der Waals surface area contributed by atoms with Gasteiger partial charge < -0.3 is 14.6 Å². The Morgan fingerprint density at radius 2 is 1.42 bits per heavy atom. The molecule has 168 valence electrons. The van der Waals surface area contributed by atoms with Crippen LogP contribution in [0.25, 0.3) is 0 Å². The van der Waals surface area contributed by atoms with Gasteiger partial charge in [0.2, 0.25) is 0 Å². The van der Waals surface area contributed by atoms with E-state index in [9.17, 15) is 15.2 Å². The van der Waals surface area contributed by atoms with Crippen molar-refractivity contribution in [2.75, 3.05) is 0 Å². The second kappa shape index (κ2) is 11.3. The van der Waals surface area contributed by atoms with Crippen molar-refractivity contribution in [2.24, 2.45) is 0 Å². The average Bonchev–Trinajstić information content (AvgIpc) is 2.81. The van der Waals surface area contributed by atoms with Crippen LogP contribution in [0.4, 0.5) is 5.69 Å². The third-order valence-electron chi connectivity index (χ3n) is 4.72. The van der Waals surface area contributed by atoms with Crippen molar-refractivity contribution < 1.29 is 19.5 Å². The lowest BCUT2D eigenvalue weighted by Crippen LogP contribution is -1.97. The van der Waals surface area contributed by atoms with Gasteiger partial charge in [0.05, 0.1) is 4.92 Å². The minimum Gasteiger partial charge on any atom is -0.502 e. The Balaban J connectivity index is 0.000000374. The van der Waals surface area contributed by atoms with Gasteiger partial charge in [-0.25, -0.2) is 0 Å². The highest BCUT2D eigenvalue weighted by atomic mass is 16.6. The van der Waals surface area contributed by atoms with Gasteiger partial charge in [-0.15, -0.1) is 0 Å². The predicted molar refractivity (Wildman–Crippen MR) is 128 cm³/mol. The van der Waals surface area contributed by atoms with Gasteiger partial charge in [0.25, 0.3) is 0 Å². The van der Waals surface area contributed by atoms with Gasteiger partial charge in [-0.1, -0.05) is 72.3 Å². The predicted octanol–water partition coefficient (Wildman–Crippen LogP) is 6.98. The molecule has 0 saturated carbocycles. The van der Waals surface area contributed by atoms with Gasteiger partial charge in [-0.3, -0.25) is 10.1 Å². The minimum atomic E-state index is -0.652. The smallest absolute Gasteiger partial charge is 0.310 e. The van der Waals surface area contributed by atoms with Crippen LogP contribution in [0.1, 0.15) is 16.7 Å². The third-order valence-corrected chi connectivity index (χ3v) is 4.72. The van der Waals surface area contributed by atoms with Crippen molar-refractivity contribution in [2.45, 2.75) is 20.5 Å². The van der Waals surface area contributed by atoms with Crippen LogP contribution >= 0.6 is 0 Å². The van der Waals surface area contributed by atoms with E-state index in [1.54, 1.807) is 12.1 Å². The maximum atomic E-state index is 10.8. The van der Waals surface area contributed by atoms with Crippen molar-refractivity contribution in [3.8, 4) is 23.0 Å². The normalized spacial score (nSPS) is 10.0. The summed E-state index contributed by atoms with van der Waals surface area (Å²) in [6.45, 7) is 4.45. The van der Waals surface area contributed by atoms with Crippen LogP contribution in [0.15, 0.2) is 97.1 Å². The molecule has 0 aromatic heterocycles. The standard InChI is InChI=1S/C20H17NO5.C7H8/c1-14-7-8-17(12-20(14)25-13-15-5-3-2-4-6-15)26-16-9-10-18(21(23)24)19(22)11-16;1-7-5-3-2-4-6-7/h2-12,22H,13H2,1H3;2-6H,1H3. The molecule has 0 bridgehead atoms. The average molecular weight is 443 g/mol. The molecule has 0 atom stereocenters. The lowest BCUT2D eigenvalue weighted by Gasteiger charge is -2.12. The Hall–Kier alpha value is -4.32. The maximum Gasteiger partial charge on any atom is 0.310 e. The molecule has 0 heterocycles. The molecule has 0 spiro atoms. The monoisotopic (exact) mass is 443 g/mol. The lowest BCUT2D eigenvalue weighted by molar-refractivity contribution is -0.385. The summed E-state index contributed by atoms with van der Waals surface area (Å²) in [7, 11) is 0. The molecule has 33 heavy (non-hydrogen) atoms. The summed E-state index contributed by atoms with van der Waals surface area (Å²) in [5, 5.41) is 20.5. The third kappa shape index (κ3) is 7.11. The van der Waals surface area contributed by atoms with Crippen LogP contribution in [0.5, 0.6) is 23.0 Å². The number of hydrogen-bond acceptors (Lipinski definition) is 5. The largest absolute Gasteiger partial charge is 0.502 e. The molecule has 4 rings (SSSR count). The summed E-state index contributed by atoms with van der Waals surface area (Å²) >= 11 is 0. The molecule has 4 aromatic rings. The van der Waals surface area contributed by atoms with E-state index in [2.05, 4.69) is 19.1 Å². The summed E-state index contributed by atoms with van der Waals surface area (Å²) < 4.78 is 11.5. The summed E-state index contributed by atoms with van der Waals surface area (Å²) in [4.78, 5) is 10.1. The number of nitrogens with zero attached hydrogens (tertiary/aromatic N) is 1. The van der Waals surface area contributed by atoms with Crippen molar-refractivity contribution in [3.63, 3.8) is 0 Å². The molecule has 6 heteroatoms. The van der Waals surface area contributed by atoms with Gasteiger partial charge in [-0.05, 0) is 37.1 Å². The second-order valence-corrected chi connectivity index (χ2v) is 7.37. The number of benzene rings is 4. The van der Waals surface area contributed by atoms with Crippen LogP contribution in [-0.2, 0) is 6.61 Å². The highest BCUT2D eigenvalue weighted by Crippen LogP contribution is 2.33. The Labute approximate surface area is 192 Å². The number of rotatable bonds is 6. The first-order chi connectivity index (χ1) is 15.9. The molecule has 0 radical (unpaired) electrons. The number of nitro groups is 1. The quantitative estimate of drug-likeness (QED) is 0.257. The minimum absolute atomic E-state index is 0.297.